The Morgan fingerprint density at radius 2 is 2.00 bits per heavy atom. The molecule has 0 unspecified atom stereocenters. The Morgan fingerprint density at radius 1 is 1.27 bits per heavy atom. The summed E-state index contributed by atoms with van der Waals surface area (Å²) in [5.74, 6) is -0.813. The molecule has 0 spiro atoms. The van der Waals surface area contributed by atoms with Gasteiger partial charge in [0.05, 0.1) is 10.5 Å². The Labute approximate surface area is 157 Å². The molecule has 0 aliphatic heterocycles. The molecule has 136 valence electrons. The minimum absolute atomic E-state index is 0.000616. The first-order chi connectivity index (χ1) is 12.4. The van der Waals surface area contributed by atoms with Crippen molar-refractivity contribution in [3.63, 3.8) is 0 Å². The van der Waals surface area contributed by atoms with Gasteiger partial charge in [0, 0.05) is 22.5 Å². The fourth-order valence-corrected chi connectivity index (χ4v) is 4.38. The zero-order valence-corrected chi connectivity index (χ0v) is 15.1. The molecule has 9 heteroatoms. The third-order valence-corrected chi connectivity index (χ3v) is 5.63. The highest BCUT2D eigenvalue weighted by molar-refractivity contribution is 7.07. The lowest BCUT2D eigenvalue weighted by molar-refractivity contribution is -0.141. The number of rotatable bonds is 6. The number of halogens is 2. The molecule has 3 aliphatic carbocycles. The predicted molar refractivity (Wildman–Crippen MR) is 93.9 cm³/mol. The summed E-state index contributed by atoms with van der Waals surface area (Å²) in [5, 5.41) is 7.64. The molecule has 5 rings (SSSR count). The van der Waals surface area contributed by atoms with E-state index in [1.54, 1.807) is 10.9 Å². The van der Waals surface area contributed by atoms with Crippen molar-refractivity contribution in [1.82, 2.24) is 15.6 Å². The normalized spacial score (nSPS) is 25.6. The number of hydrogen-bond acceptors (Lipinski definition) is 5. The van der Waals surface area contributed by atoms with Gasteiger partial charge in [-0.1, -0.05) is 11.6 Å². The molecule has 0 radical (unpaired) electrons. The predicted octanol–water partition coefficient (Wildman–Crippen LogP) is 2.54. The van der Waals surface area contributed by atoms with E-state index < -0.39 is 5.82 Å². The molecule has 2 amide bonds. The number of aromatic nitrogens is 1. The maximum Gasteiger partial charge on any atom is 0.271 e. The number of ether oxygens (including phenoxy) is 1. The van der Waals surface area contributed by atoms with Crippen LogP contribution in [0.1, 0.15) is 29.8 Å². The highest BCUT2D eigenvalue weighted by atomic mass is 35.5. The van der Waals surface area contributed by atoms with Crippen molar-refractivity contribution in [2.45, 2.75) is 30.3 Å². The zero-order valence-electron chi connectivity index (χ0n) is 13.6. The van der Waals surface area contributed by atoms with Crippen LogP contribution in [0.5, 0.6) is 5.75 Å². The SMILES string of the molecule is O=C(COc1ccc(Cl)c(F)c1)NC12CC(NC(=O)c3cscn3)(C1)C2. The maximum atomic E-state index is 13.3. The molecule has 0 saturated heterocycles. The van der Waals surface area contributed by atoms with Crippen molar-refractivity contribution in [1.29, 1.82) is 0 Å². The first-order valence-corrected chi connectivity index (χ1v) is 9.30. The first-order valence-electron chi connectivity index (χ1n) is 7.98. The molecular formula is C17H15ClFN3O3S. The van der Waals surface area contributed by atoms with Gasteiger partial charge >= 0.3 is 0 Å². The summed E-state index contributed by atoms with van der Waals surface area (Å²) in [6, 6.07) is 4.02. The fourth-order valence-electron chi connectivity index (χ4n) is 3.73. The van der Waals surface area contributed by atoms with Crippen LogP contribution >= 0.6 is 22.9 Å². The number of benzene rings is 1. The molecule has 2 aromatic rings. The molecule has 0 atom stereocenters. The Balaban J connectivity index is 1.23. The van der Waals surface area contributed by atoms with Gasteiger partial charge in [0.2, 0.25) is 0 Å². The van der Waals surface area contributed by atoms with Crippen molar-refractivity contribution < 1.29 is 18.7 Å². The molecule has 1 aromatic heterocycles. The average molecular weight is 396 g/mol. The van der Waals surface area contributed by atoms with Crippen molar-refractivity contribution in [2.75, 3.05) is 6.61 Å². The second-order valence-corrected chi connectivity index (χ2v) is 7.96. The van der Waals surface area contributed by atoms with Gasteiger partial charge in [0.25, 0.3) is 11.8 Å². The molecule has 1 aromatic carbocycles. The second-order valence-electron chi connectivity index (χ2n) is 6.83. The lowest BCUT2D eigenvalue weighted by atomic mass is 9.44. The number of amides is 2. The van der Waals surface area contributed by atoms with Crippen LogP contribution in [0.2, 0.25) is 5.02 Å². The van der Waals surface area contributed by atoms with Crippen LogP contribution in [-0.4, -0.2) is 34.5 Å². The number of carbonyl (C=O) groups excluding carboxylic acids is 2. The van der Waals surface area contributed by atoms with Crippen LogP contribution < -0.4 is 15.4 Å². The van der Waals surface area contributed by atoms with E-state index in [9.17, 15) is 14.0 Å². The van der Waals surface area contributed by atoms with Gasteiger partial charge in [-0.25, -0.2) is 9.37 Å². The maximum absolute atomic E-state index is 13.3. The van der Waals surface area contributed by atoms with Crippen molar-refractivity contribution >= 4 is 34.8 Å². The molecule has 3 fully saturated rings. The van der Waals surface area contributed by atoms with Crippen molar-refractivity contribution in [3.8, 4) is 5.75 Å². The van der Waals surface area contributed by atoms with Crippen LogP contribution in [0.4, 0.5) is 4.39 Å². The summed E-state index contributed by atoms with van der Waals surface area (Å²) in [4.78, 5) is 28.1. The van der Waals surface area contributed by atoms with Crippen LogP contribution in [-0.2, 0) is 4.79 Å². The van der Waals surface area contributed by atoms with E-state index in [1.165, 1.54) is 23.5 Å². The van der Waals surface area contributed by atoms with E-state index in [1.807, 2.05) is 0 Å². The summed E-state index contributed by atoms with van der Waals surface area (Å²) in [5.41, 5.74) is 1.52. The highest BCUT2D eigenvalue weighted by Gasteiger charge is 2.69. The Bertz CT molecular complexity index is 854. The van der Waals surface area contributed by atoms with Crippen molar-refractivity contribution in [2.24, 2.45) is 0 Å². The highest BCUT2D eigenvalue weighted by Crippen LogP contribution is 2.60. The number of nitrogens with zero attached hydrogens (tertiary/aromatic N) is 1. The Kier molecular flexibility index (Phi) is 4.11. The quantitative estimate of drug-likeness (QED) is 0.787. The molecule has 6 nitrogen and oxygen atoms in total. The summed E-state index contributed by atoms with van der Waals surface area (Å²) in [7, 11) is 0. The number of carbonyl (C=O) groups is 2. The van der Waals surface area contributed by atoms with Crippen LogP contribution in [0, 0.1) is 5.82 Å². The first kappa shape index (κ1) is 17.2. The van der Waals surface area contributed by atoms with E-state index in [4.69, 9.17) is 16.3 Å². The molecule has 2 N–H and O–H groups in total. The lowest BCUT2D eigenvalue weighted by Crippen LogP contribution is -2.84. The summed E-state index contributed by atoms with van der Waals surface area (Å²) in [6.45, 7) is -0.207. The Hall–Kier alpha value is -2.19. The standard InChI is InChI=1S/C17H15ClFN3O3S/c18-11-2-1-10(3-12(11)19)25-4-14(23)21-16-6-17(7-16,8-16)22-15(24)13-5-26-9-20-13/h1-3,5,9H,4,6-8H2,(H,21,23)(H,22,24). The van der Waals surface area contributed by atoms with Crippen LogP contribution in [0.15, 0.2) is 29.1 Å². The molecule has 1 heterocycles. The van der Waals surface area contributed by atoms with Crippen LogP contribution in [0.3, 0.4) is 0 Å². The third kappa shape index (κ3) is 3.14. The van der Waals surface area contributed by atoms with E-state index in [-0.39, 0.29) is 40.3 Å². The van der Waals surface area contributed by atoms with Crippen molar-refractivity contribution in [3.05, 3.63) is 45.6 Å². The van der Waals surface area contributed by atoms with E-state index >= 15 is 0 Å². The minimum Gasteiger partial charge on any atom is -0.484 e. The topological polar surface area (TPSA) is 80.3 Å². The van der Waals surface area contributed by atoms with E-state index in [0.29, 0.717) is 25.0 Å². The largest absolute Gasteiger partial charge is 0.484 e. The van der Waals surface area contributed by atoms with Gasteiger partial charge in [-0.2, -0.15) is 0 Å². The zero-order chi connectivity index (χ0) is 18.4. The van der Waals surface area contributed by atoms with Gasteiger partial charge in [0.1, 0.15) is 17.3 Å². The Morgan fingerprint density at radius 3 is 2.65 bits per heavy atom. The molecule has 3 aliphatic rings. The second kappa shape index (κ2) is 6.21. The average Bonchev–Trinajstić information content (AvgIpc) is 3.07. The van der Waals surface area contributed by atoms with E-state index in [0.717, 1.165) is 6.07 Å². The number of nitrogens with one attached hydrogen (secondary N) is 2. The van der Waals surface area contributed by atoms with Crippen LogP contribution in [0.25, 0.3) is 0 Å². The van der Waals surface area contributed by atoms with Gasteiger partial charge < -0.3 is 15.4 Å². The fraction of sp³-hybridized carbons (Fsp3) is 0.353. The molecule has 3 saturated carbocycles. The lowest BCUT2D eigenvalue weighted by Gasteiger charge is -2.70. The number of thiazole rings is 1. The minimum atomic E-state index is -0.596. The number of hydrogen-bond donors (Lipinski definition) is 2. The van der Waals surface area contributed by atoms with Gasteiger partial charge in [0.15, 0.2) is 6.61 Å². The summed E-state index contributed by atoms with van der Waals surface area (Å²) >= 11 is 6.97. The summed E-state index contributed by atoms with van der Waals surface area (Å²) in [6.07, 6.45) is 2.07. The smallest absolute Gasteiger partial charge is 0.271 e. The van der Waals surface area contributed by atoms with Gasteiger partial charge in [-0.15, -0.1) is 11.3 Å². The molecular weight excluding hydrogens is 381 g/mol. The summed E-state index contributed by atoms with van der Waals surface area (Å²) < 4.78 is 18.6. The molecule has 26 heavy (non-hydrogen) atoms. The van der Waals surface area contributed by atoms with Gasteiger partial charge in [-0.05, 0) is 31.4 Å². The van der Waals surface area contributed by atoms with Gasteiger partial charge in [-0.3, -0.25) is 9.59 Å². The van der Waals surface area contributed by atoms with E-state index in [2.05, 4.69) is 15.6 Å². The third-order valence-electron chi connectivity index (χ3n) is 4.74. The monoisotopic (exact) mass is 395 g/mol. The molecule has 2 bridgehead atoms.